The summed E-state index contributed by atoms with van der Waals surface area (Å²) in [5, 5.41) is 10.4. The number of carbonyl (C=O) groups is 1. The lowest BCUT2D eigenvalue weighted by Gasteiger charge is -2.39. The number of aromatic nitrogens is 1. The molecule has 1 fully saturated rings. The van der Waals surface area contributed by atoms with Crippen molar-refractivity contribution in [2.75, 3.05) is 19.7 Å². The van der Waals surface area contributed by atoms with Crippen LogP contribution in [0.2, 0.25) is 0 Å². The number of halogens is 2. The number of carboxylic acids is 1. The molecule has 0 amide bonds. The first kappa shape index (κ1) is 31.3. The maximum Gasteiger partial charge on any atom is 0.337 e. The minimum Gasteiger partial charge on any atom is -0.495 e. The van der Waals surface area contributed by atoms with E-state index < -0.39 is 17.7 Å². The number of hydrogen-bond acceptors (Lipinski definition) is 5. The zero-order valence-corrected chi connectivity index (χ0v) is 26.2. The molecule has 43 heavy (non-hydrogen) atoms. The van der Waals surface area contributed by atoms with E-state index in [-0.39, 0.29) is 23.5 Å². The van der Waals surface area contributed by atoms with Gasteiger partial charge < -0.3 is 14.6 Å². The second-order valence-corrected chi connectivity index (χ2v) is 13.3. The van der Waals surface area contributed by atoms with Gasteiger partial charge in [-0.25, -0.2) is 13.6 Å². The molecule has 3 aliphatic rings. The van der Waals surface area contributed by atoms with Crippen molar-refractivity contribution in [3.8, 4) is 0 Å². The van der Waals surface area contributed by atoms with Crippen LogP contribution in [0.4, 0.5) is 8.78 Å². The second kappa shape index (κ2) is 12.5. The molecule has 3 heterocycles. The quantitative estimate of drug-likeness (QED) is 0.343. The summed E-state index contributed by atoms with van der Waals surface area (Å²) >= 11 is 0. The number of fused-ring (bicyclic) bond motifs is 2. The molecule has 1 aromatic carbocycles. The average molecular weight is 595 g/mol. The van der Waals surface area contributed by atoms with E-state index in [9.17, 15) is 14.3 Å². The second-order valence-electron chi connectivity index (χ2n) is 13.3. The van der Waals surface area contributed by atoms with Gasteiger partial charge in [-0.15, -0.1) is 0 Å². The highest BCUT2D eigenvalue weighted by Gasteiger charge is 2.40. The largest absolute Gasteiger partial charge is 0.495 e. The Kier molecular flexibility index (Phi) is 9.10. The first-order chi connectivity index (χ1) is 20.3. The molecule has 1 aromatic heterocycles. The number of carboxylic acid groups (broad SMARTS) is 1. The Hall–Kier alpha value is -3.10. The zero-order chi connectivity index (χ0) is 31.1. The molecular weight excluding hydrogens is 550 g/mol. The minimum absolute atomic E-state index is 0.0738. The van der Waals surface area contributed by atoms with E-state index in [0.717, 1.165) is 66.7 Å². The molecule has 0 saturated carbocycles. The molecule has 1 N–H and O–H groups in total. The fourth-order valence-electron chi connectivity index (χ4n) is 6.79. The van der Waals surface area contributed by atoms with Gasteiger partial charge in [-0.2, -0.15) is 0 Å². The molecule has 6 nitrogen and oxygen atoms in total. The van der Waals surface area contributed by atoms with E-state index in [4.69, 9.17) is 14.5 Å². The predicted octanol–water partition coefficient (Wildman–Crippen LogP) is 7.41. The molecule has 0 radical (unpaired) electrons. The maximum absolute atomic E-state index is 15.7. The van der Waals surface area contributed by atoms with Crippen LogP contribution in [0.3, 0.4) is 0 Å². The molecule has 1 aliphatic carbocycles. The van der Waals surface area contributed by atoms with Crippen LogP contribution in [0, 0.1) is 31.5 Å². The Bertz CT molecular complexity index is 1460. The summed E-state index contributed by atoms with van der Waals surface area (Å²) in [6.45, 7) is 13.9. The Morgan fingerprint density at radius 2 is 2.02 bits per heavy atom. The van der Waals surface area contributed by atoms with Crippen LogP contribution in [0.5, 0.6) is 0 Å². The summed E-state index contributed by atoms with van der Waals surface area (Å²) in [5.41, 5.74) is 5.41. The Balaban J connectivity index is 1.55. The van der Waals surface area contributed by atoms with Crippen molar-refractivity contribution in [3.63, 3.8) is 0 Å². The van der Waals surface area contributed by atoms with E-state index in [1.807, 2.05) is 39.8 Å². The fraction of sp³-hybridized carbons (Fsp3) is 0.543. The van der Waals surface area contributed by atoms with Crippen LogP contribution in [0.15, 0.2) is 35.9 Å². The summed E-state index contributed by atoms with van der Waals surface area (Å²) < 4.78 is 41.7. The molecule has 8 heteroatoms. The zero-order valence-electron chi connectivity index (χ0n) is 26.2. The van der Waals surface area contributed by atoms with Gasteiger partial charge in [0.2, 0.25) is 0 Å². The van der Waals surface area contributed by atoms with Gasteiger partial charge in [-0.3, -0.25) is 9.88 Å². The summed E-state index contributed by atoms with van der Waals surface area (Å²) in [6.07, 6.45) is 4.28. The number of benzene rings is 1. The van der Waals surface area contributed by atoms with Crippen LogP contribution >= 0.6 is 0 Å². The monoisotopic (exact) mass is 594 g/mol. The third kappa shape index (κ3) is 6.70. The highest BCUT2D eigenvalue weighted by molar-refractivity contribution is 5.83. The number of hydrogen-bond donors (Lipinski definition) is 1. The highest BCUT2D eigenvalue weighted by Crippen LogP contribution is 2.48. The van der Waals surface area contributed by atoms with Gasteiger partial charge in [0.1, 0.15) is 11.6 Å². The van der Waals surface area contributed by atoms with Crippen LogP contribution in [-0.4, -0.2) is 46.3 Å². The lowest BCUT2D eigenvalue weighted by Crippen LogP contribution is -2.36. The molecule has 5 rings (SSSR count). The third-order valence-corrected chi connectivity index (χ3v) is 8.95. The number of aliphatic carboxylic acids is 1. The van der Waals surface area contributed by atoms with Crippen LogP contribution in [-0.2, 0) is 33.7 Å². The fourth-order valence-corrected chi connectivity index (χ4v) is 6.79. The molecule has 0 spiro atoms. The SMILES string of the molecule is Cc1ccc(CCCN2CCc3nc(C)c([C@H](OC(C)(C)C)C(=O)O)c(C4=CC(F)=C5OCCCC5[C@H]4C)c3C2)cc1F. The lowest BCUT2D eigenvalue weighted by molar-refractivity contribution is -0.160. The molecule has 2 aliphatic heterocycles. The van der Waals surface area contributed by atoms with E-state index in [1.165, 1.54) is 0 Å². The van der Waals surface area contributed by atoms with Gasteiger partial charge in [0, 0.05) is 42.4 Å². The normalized spacial score (nSPS) is 21.5. The third-order valence-electron chi connectivity index (χ3n) is 8.95. The molecule has 1 unspecified atom stereocenters. The van der Waals surface area contributed by atoms with Crippen molar-refractivity contribution in [1.29, 1.82) is 0 Å². The van der Waals surface area contributed by atoms with Gasteiger partial charge in [-0.05, 0) is 113 Å². The number of aryl methyl sites for hydroxylation is 3. The van der Waals surface area contributed by atoms with Crippen molar-refractivity contribution in [2.45, 2.75) is 91.9 Å². The van der Waals surface area contributed by atoms with Crippen molar-refractivity contribution >= 4 is 11.5 Å². The van der Waals surface area contributed by atoms with Crippen molar-refractivity contribution in [1.82, 2.24) is 9.88 Å². The minimum atomic E-state index is -1.26. The van der Waals surface area contributed by atoms with Crippen LogP contribution < -0.4 is 0 Å². The van der Waals surface area contributed by atoms with Crippen LogP contribution in [0.25, 0.3) is 5.57 Å². The first-order valence-corrected chi connectivity index (χ1v) is 15.5. The molecule has 232 valence electrons. The van der Waals surface area contributed by atoms with E-state index in [1.54, 1.807) is 19.1 Å². The summed E-state index contributed by atoms with van der Waals surface area (Å²) in [6, 6.07) is 5.41. The van der Waals surface area contributed by atoms with Gasteiger partial charge in [-0.1, -0.05) is 19.1 Å². The van der Waals surface area contributed by atoms with Crippen LogP contribution in [0.1, 0.15) is 92.3 Å². The Labute approximate surface area is 253 Å². The lowest BCUT2D eigenvalue weighted by atomic mass is 9.73. The maximum atomic E-state index is 15.7. The molecular formula is C35H44F2N2O4. The average Bonchev–Trinajstić information content (AvgIpc) is 2.95. The topological polar surface area (TPSA) is 71.9 Å². The van der Waals surface area contributed by atoms with Gasteiger partial charge in [0.05, 0.1) is 12.2 Å². The van der Waals surface area contributed by atoms with Gasteiger partial charge in [0.25, 0.3) is 0 Å². The molecule has 2 aromatic rings. The first-order valence-electron chi connectivity index (χ1n) is 15.5. The number of ether oxygens (including phenoxy) is 2. The number of allylic oxidation sites excluding steroid dienone is 4. The standard InChI is InChI=1S/C35H44F2N2O4/c1-20-11-12-23(17-27(20)36)9-7-14-39-15-13-29-26(19-39)31(25-18-28(37)32-24(21(25)2)10-8-16-42-32)30(22(3)38-29)33(34(40)41)43-35(4,5)6/h11-12,17-18,21,24,33H,7-10,13-16,19H2,1-6H3,(H,40,41)/t21-,24?,33+/m1/s1. The van der Waals surface area contributed by atoms with Crippen molar-refractivity contribution < 1.29 is 28.2 Å². The van der Waals surface area contributed by atoms with Gasteiger partial charge in [0.15, 0.2) is 11.9 Å². The smallest absolute Gasteiger partial charge is 0.337 e. The summed E-state index contributed by atoms with van der Waals surface area (Å²) in [5.74, 6) is -1.42. The number of nitrogens with zero attached hydrogens (tertiary/aromatic N) is 2. The molecule has 3 atom stereocenters. The van der Waals surface area contributed by atoms with Crippen molar-refractivity contribution in [2.24, 2.45) is 11.8 Å². The summed E-state index contributed by atoms with van der Waals surface area (Å²) in [7, 11) is 0. The Morgan fingerprint density at radius 3 is 2.72 bits per heavy atom. The molecule has 0 bridgehead atoms. The number of rotatable bonds is 8. The van der Waals surface area contributed by atoms with E-state index in [2.05, 4.69) is 11.8 Å². The van der Waals surface area contributed by atoms with E-state index in [0.29, 0.717) is 42.2 Å². The van der Waals surface area contributed by atoms with Crippen molar-refractivity contribution in [3.05, 3.63) is 80.9 Å². The highest BCUT2D eigenvalue weighted by atomic mass is 19.1. The molecule has 1 saturated heterocycles. The number of pyridine rings is 1. The van der Waals surface area contributed by atoms with Gasteiger partial charge >= 0.3 is 5.97 Å². The Morgan fingerprint density at radius 1 is 1.26 bits per heavy atom. The van der Waals surface area contributed by atoms with E-state index >= 15 is 4.39 Å². The predicted molar refractivity (Wildman–Crippen MR) is 163 cm³/mol. The summed E-state index contributed by atoms with van der Waals surface area (Å²) in [4.78, 5) is 20.1.